The third-order valence-electron chi connectivity index (χ3n) is 7.37. The van der Waals surface area contributed by atoms with E-state index in [1.165, 1.54) is 0 Å². The van der Waals surface area contributed by atoms with Gasteiger partial charge in [0.1, 0.15) is 6.04 Å². The van der Waals surface area contributed by atoms with Crippen LogP contribution in [0.1, 0.15) is 51.5 Å². The molecule has 2 aromatic rings. The maximum Gasteiger partial charge on any atom is 0.245 e. The molecule has 1 unspecified atom stereocenters. The first-order valence-electron chi connectivity index (χ1n) is 11.8. The molecule has 7 heteroatoms. The van der Waals surface area contributed by atoms with E-state index >= 15 is 0 Å². The maximum atomic E-state index is 13.2. The zero-order chi connectivity index (χ0) is 21.4. The van der Waals surface area contributed by atoms with Crippen molar-refractivity contribution in [3.8, 4) is 0 Å². The van der Waals surface area contributed by atoms with Crippen LogP contribution in [0.4, 0.5) is 0 Å². The lowest BCUT2D eigenvalue weighted by molar-refractivity contribution is -0.136. The van der Waals surface area contributed by atoms with Crippen LogP contribution in [0, 0.1) is 5.92 Å². The van der Waals surface area contributed by atoms with Gasteiger partial charge in [-0.15, -0.1) is 0 Å². The minimum absolute atomic E-state index is 0.178. The van der Waals surface area contributed by atoms with Gasteiger partial charge in [-0.25, -0.2) is 4.98 Å². The standard InChI is InChI=1S/C24H33N5O2/c1-17(29-16-25-21-4-2-3-5-22(21)29)24(31)28-14-10-20(11-15-28)27-12-8-18(9-13-27)23(30)26-19-6-7-19/h2-5,16-20H,6-15H2,1H3,(H,26,30). The lowest BCUT2D eigenvalue weighted by Gasteiger charge is -2.42. The second-order valence-electron chi connectivity index (χ2n) is 9.47. The molecule has 1 atom stereocenters. The van der Waals surface area contributed by atoms with Crippen molar-refractivity contribution in [2.75, 3.05) is 26.2 Å². The van der Waals surface area contributed by atoms with E-state index in [1.54, 1.807) is 6.33 Å². The summed E-state index contributed by atoms with van der Waals surface area (Å²) >= 11 is 0. The van der Waals surface area contributed by atoms with Crippen molar-refractivity contribution in [1.29, 1.82) is 0 Å². The van der Waals surface area contributed by atoms with Gasteiger partial charge in [0.25, 0.3) is 0 Å². The zero-order valence-corrected chi connectivity index (χ0v) is 18.4. The van der Waals surface area contributed by atoms with Crippen LogP contribution in [-0.2, 0) is 9.59 Å². The van der Waals surface area contributed by atoms with Gasteiger partial charge in [0.15, 0.2) is 0 Å². The Morgan fingerprint density at radius 3 is 2.42 bits per heavy atom. The molecule has 0 bridgehead atoms. The lowest BCUT2D eigenvalue weighted by Crippen LogP contribution is -2.51. The highest BCUT2D eigenvalue weighted by Crippen LogP contribution is 2.27. The number of amides is 2. The molecule has 1 aromatic carbocycles. The van der Waals surface area contributed by atoms with Gasteiger partial charge in [-0.2, -0.15) is 0 Å². The largest absolute Gasteiger partial charge is 0.353 e. The Bertz CT molecular complexity index is 936. The summed E-state index contributed by atoms with van der Waals surface area (Å²) in [6.07, 6.45) is 8.04. The van der Waals surface area contributed by atoms with Crippen LogP contribution in [0.5, 0.6) is 0 Å². The molecule has 3 heterocycles. The maximum absolute atomic E-state index is 13.2. The number of hydrogen-bond acceptors (Lipinski definition) is 4. The highest BCUT2D eigenvalue weighted by Gasteiger charge is 2.34. The number of likely N-dealkylation sites (tertiary alicyclic amines) is 2. The molecule has 5 rings (SSSR count). The molecular weight excluding hydrogens is 390 g/mol. The first-order chi connectivity index (χ1) is 15.1. The van der Waals surface area contributed by atoms with Crippen LogP contribution in [0.15, 0.2) is 30.6 Å². The number of nitrogens with one attached hydrogen (secondary N) is 1. The van der Waals surface area contributed by atoms with Gasteiger partial charge in [-0.1, -0.05) is 12.1 Å². The molecule has 2 amide bonds. The van der Waals surface area contributed by atoms with Crippen LogP contribution in [0.2, 0.25) is 0 Å². The molecule has 2 aliphatic heterocycles. The van der Waals surface area contributed by atoms with Crippen LogP contribution in [0.25, 0.3) is 11.0 Å². The Balaban J connectivity index is 1.12. The molecule has 1 aromatic heterocycles. The summed E-state index contributed by atoms with van der Waals surface area (Å²) in [6.45, 7) is 5.59. The van der Waals surface area contributed by atoms with Gasteiger partial charge >= 0.3 is 0 Å². The summed E-state index contributed by atoms with van der Waals surface area (Å²) in [4.78, 5) is 34.5. The minimum Gasteiger partial charge on any atom is -0.353 e. The topological polar surface area (TPSA) is 70.5 Å². The highest BCUT2D eigenvalue weighted by molar-refractivity contribution is 5.83. The van der Waals surface area contributed by atoms with Crippen LogP contribution in [0.3, 0.4) is 0 Å². The quantitative estimate of drug-likeness (QED) is 0.803. The predicted octanol–water partition coefficient (Wildman–Crippen LogP) is 2.58. The van der Waals surface area contributed by atoms with Gasteiger partial charge < -0.3 is 19.7 Å². The second kappa shape index (κ2) is 8.61. The summed E-state index contributed by atoms with van der Waals surface area (Å²) in [6, 6.07) is 8.70. The van der Waals surface area contributed by atoms with E-state index in [0.29, 0.717) is 12.1 Å². The fourth-order valence-corrected chi connectivity index (χ4v) is 5.20. The fourth-order valence-electron chi connectivity index (χ4n) is 5.20. The summed E-state index contributed by atoms with van der Waals surface area (Å²) in [5.41, 5.74) is 1.93. The molecule has 7 nitrogen and oxygen atoms in total. The summed E-state index contributed by atoms with van der Waals surface area (Å²) in [7, 11) is 0. The Morgan fingerprint density at radius 1 is 1.00 bits per heavy atom. The van der Waals surface area contributed by atoms with Crippen molar-refractivity contribution in [1.82, 2.24) is 24.7 Å². The van der Waals surface area contributed by atoms with Crippen molar-refractivity contribution in [3.05, 3.63) is 30.6 Å². The molecule has 2 saturated heterocycles. The third-order valence-corrected chi connectivity index (χ3v) is 7.37. The number of nitrogens with zero attached hydrogens (tertiary/aromatic N) is 4. The number of imidazole rings is 1. The second-order valence-corrected chi connectivity index (χ2v) is 9.47. The average molecular weight is 424 g/mol. The molecule has 1 aliphatic carbocycles. The number of fused-ring (bicyclic) bond motifs is 1. The number of para-hydroxylation sites is 2. The number of carbonyl (C=O) groups is 2. The molecule has 0 radical (unpaired) electrons. The number of rotatable bonds is 5. The fraction of sp³-hybridized carbons (Fsp3) is 0.625. The van der Waals surface area contributed by atoms with Gasteiger partial charge in [-0.3, -0.25) is 9.59 Å². The van der Waals surface area contributed by atoms with Gasteiger partial charge in [0.2, 0.25) is 11.8 Å². The van der Waals surface area contributed by atoms with Crippen molar-refractivity contribution in [2.45, 2.75) is 63.6 Å². The highest BCUT2D eigenvalue weighted by atomic mass is 16.2. The number of benzene rings is 1. The van der Waals surface area contributed by atoms with E-state index in [0.717, 1.165) is 75.7 Å². The van der Waals surface area contributed by atoms with E-state index in [2.05, 4.69) is 15.2 Å². The third kappa shape index (κ3) is 4.33. The van der Waals surface area contributed by atoms with Gasteiger partial charge in [0, 0.05) is 31.1 Å². The number of hydrogen-bond donors (Lipinski definition) is 1. The normalized spacial score (nSPS) is 22.5. The Morgan fingerprint density at radius 2 is 1.71 bits per heavy atom. The van der Waals surface area contributed by atoms with E-state index < -0.39 is 0 Å². The van der Waals surface area contributed by atoms with E-state index in [1.807, 2.05) is 40.7 Å². The summed E-state index contributed by atoms with van der Waals surface area (Å²) in [5.74, 6) is 0.630. The molecule has 0 spiro atoms. The smallest absolute Gasteiger partial charge is 0.245 e. The molecular formula is C24H33N5O2. The Labute approximate surface area is 183 Å². The van der Waals surface area contributed by atoms with E-state index in [9.17, 15) is 9.59 Å². The molecule has 1 N–H and O–H groups in total. The molecule has 166 valence electrons. The average Bonchev–Trinajstić information content (AvgIpc) is 3.53. The van der Waals surface area contributed by atoms with E-state index in [-0.39, 0.29) is 23.8 Å². The van der Waals surface area contributed by atoms with Crippen LogP contribution >= 0.6 is 0 Å². The number of aromatic nitrogens is 2. The SMILES string of the molecule is CC(C(=O)N1CCC(N2CCC(C(=O)NC3CC3)CC2)CC1)n1cnc2ccccc21. The zero-order valence-electron chi connectivity index (χ0n) is 18.4. The number of piperidine rings is 2. The molecule has 1 saturated carbocycles. The van der Waals surface area contributed by atoms with Crippen LogP contribution < -0.4 is 5.32 Å². The van der Waals surface area contributed by atoms with E-state index in [4.69, 9.17) is 0 Å². The molecule has 3 aliphatic rings. The lowest BCUT2D eigenvalue weighted by atomic mass is 9.92. The molecule has 3 fully saturated rings. The molecule has 31 heavy (non-hydrogen) atoms. The van der Waals surface area contributed by atoms with Gasteiger partial charge in [-0.05, 0) is 70.7 Å². The number of carbonyl (C=O) groups excluding carboxylic acids is 2. The summed E-state index contributed by atoms with van der Waals surface area (Å²) < 4.78 is 1.99. The van der Waals surface area contributed by atoms with Crippen molar-refractivity contribution in [2.24, 2.45) is 5.92 Å². The van der Waals surface area contributed by atoms with Crippen molar-refractivity contribution in [3.63, 3.8) is 0 Å². The van der Waals surface area contributed by atoms with Crippen LogP contribution in [-0.4, -0.2) is 69.4 Å². The Hall–Kier alpha value is -2.41. The first kappa shape index (κ1) is 20.5. The van der Waals surface area contributed by atoms with Crippen molar-refractivity contribution >= 4 is 22.8 Å². The monoisotopic (exact) mass is 423 g/mol. The van der Waals surface area contributed by atoms with Gasteiger partial charge in [0.05, 0.1) is 17.4 Å². The first-order valence-corrected chi connectivity index (χ1v) is 11.8. The Kier molecular flexibility index (Phi) is 5.69. The summed E-state index contributed by atoms with van der Waals surface area (Å²) in [5, 5.41) is 3.16. The minimum atomic E-state index is -0.246. The van der Waals surface area contributed by atoms with Crippen molar-refractivity contribution < 1.29 is 9.59 Å². The predicted molar refractivity (Wildman–Crippen MR) is 120 cm³/mol.